The highest BCUT2D eigenvalue weighted by molar-refractivity contribution is 6.03. The fourth-order valence-corrected chi connectivity index (χ4v) is 2.36. The van der Waals surface area contributed by atoms with Crippen LogP contribution in [-0.2, 0) is 0 Å². The Kier molecular flexibility index (Phi) is 3.94. The molecule has 0 unspecified atom stereocenters. The van der Waals surface area contributed by atoms with Crippen molar-refractivity contribution < 1.29 is 0 Å². The number of fused-ring (bicyclic) bond motifs is 1. The molecule has 1 aromatic heterocycles. The van der Waals surface area contributed by atoms with Crippen molar-refractivity contribution in [1.82, 2.24) is 9.55 Å². The van der Waals surface area contributed by atoms with Crippen molar-refractivity contribution in [2.45, 2.75) is 6.92 Å². The summed E-state index contributed by atoms with van der Waals surface area (Å²) in [6.45, 7) is 2.05. The highest BCUT2D eigenvalue weighted by atomic mass is 15.1. The van der Waals surface area contributed by atoms with Crippen molar-refractivity contribution in [3.8, 4) is 11.8 Å². The van der Waals surface area contributed by atoms with Crippen molar-refractivity contribution in [3.05, 3.63) is 71.7 Å². The predicted molar refractivity (Wildman–Crippen MR) is 94.1 cm³/mol. The fourth-order valence-electron chi connectivity index (χ4n) is 2.36. The normalized spacial score (nSPS) is 11.1. The van der Waals surface area contributed by atoms with Gasteiger partial charge in [0.1, 0.15) is 6.33 Å². The smallest absolute Gasteiger partial charge is 0.101 e. The van der Waals surface area contributed by atoms with E-state index in [1.807, 2.05) is 30.3 Å². The van der Waals surface area contributed by atoms with Crippen LogP contribution in [0.2, 0.25) is 0 Å². The number of hydrogen-bond donors (Lipinski definition) is 2. The zero-order chi connectivity index (χ0) is 16.2. The van der Waals surface area contributed by atoms with Gasteiger partial charge in [0.2, 0.25) is 0 Å². The Morgan fingerprint density at radius 1 is 1.17 bits per heavy atom. The molecule has 0 saturated carbocycles. The quantitative estimate of drug-likeness (QED) is 0.564. The molecule has 0 aliphatic rings. The first-order chi connectivity index (χ1) is 11.2. The minimum atomic E-state index is 0.575. The molecule has 0 radical (unpaired) electrons. The van der Waals surface area contributed by atoms with Crippen molar-refractivity contribution in [1.29, 1.82) is 5.41 Å². The lowest BCUT2D eigenvalue weighted by atomic mass is 10.1. The van der Waals surface area contributed by atoms with Gasteiger partial charge in [-0.05, 0) is 42.8 Å². The van der Waals surface area contributed by atoms with Crippen LogP contribution in [0.15, 0.2) is 55.0 Å². The van der Waals surface area contributed by atoms with E-state index in [2.05, 4.69) is 35.9 Å². The molecule has 0 saturated heterocycles. The first-order valence-corrected chi connectivity index (χ1v) is 7.20. The van der Waals surface area contributed by atoms with E-state index in [4.69, 9.17) is 11.1 Å². The molecule has 112 valence electrons. The molecule has 0 fully saturated rings. The van der Waals surface area contributed by atoms with Crippen molar-refractivity contribution in [2.24, 2.45) is 5.73 Å². The molecule has 0 aliphatic carbocycles. The van der Waals surface area contributed by atoms with Crippen molar-refractivity contribution >= 4 is 22.9 Å². The van der Waals surface area contributed by atoms with Gasteiger partial charge in [0.15, 0.2) is 0 Å². The molecule has 3 N–H and O–H groups in total. The lowest BCUT2D eigenvalue weighted by molar-refractivity contribution is 1.14. The number of benzene rings is 2. The van der Waals surface area contributed by atoms with Gasteiger partial charge in [-0.1, -0.05) is 24.0 Å². The molecule has 0 aliphatic heterocycles. The molecule has 3 aromatic rings. The summed E-state index contributed by atoms with van der Waals surface area (Å²) in [6.07, 6.45) is 4.25. The Hall–Kier alpha value is -3.32. The van der Waals surface area contributed by atoms with Gasteiger partial charge in [-0.25, -0.2) is 4.98 Å². The maximum absolute atomic E-state index is 7.39. The summed E-state index contributed by atoms with van der Waals surface area (Å²) in [7, 11) is 0. The van der Waals surface area contributed by atoms with E-state index in [9.17, 15) is 0 Å². The summed E-state index contributed by atoms with van der Waals surface area (Å²) in [6, 6.07) is 13.9. The van der Waals surface area contributed by atoms with Crippen LogP contribution >= 0.6 is 0 Å². The summed E-state index contributed by atoms with van der Waals surface area (Å²) in [5, 5.41) is 7.39. The van der Waals surface area contributed by atoms with Gasteiger partial charge < -0.3 is 11.1 Å². The predicted octanol–water partition coefficient (Wildman–Crippen LogP) is 3.15. The average molecular weight is 300 g/mol. The van der Waals surface area contributed by atoms with Crippen LogP contribution in [0, 0.1) is 24.2 Å². The average Bonchev–Trinajstić information content (AvgIpc) is 2.98. The van der Waals surface area contributed by atoms with Crippen LogP contribution in [0.3, 0.4) is 0 Å². The summed E-state index contributed by atoms with van der Waals surface area (Å²) in [5.41, 5.74) is 10.9. The van der Waals surface area contributed by atoms with Crippen LogP contribution in [0.1, 0.15) is 16.7 Å². The number of aryl methyl sites for hydroxylation is 1. The molecule has 4 heteroatoms. The number of nitrogens with zero attached hydrogens (tertiary/aromatic N) is 2. The lowest BCUT2D eigenvalue weighted by Crippen LogP contribution is -1.99. The number of nitrogens with two attached hydrogens (primary N) is 1. The molecular weight excluding hydrogens is 284 g/mol. The number of allylic oxidation sites excluding steroid dienone is 1. The number of nitrogens with one attached hydrogen (secondary N) is 1. The standard InChI is InChI=1S/C19H16N4/c1-14-3-2-4-15(9-14)5-6-16-7-8-19-18(10-16)22-13-23(19)17(11-20)12-21/h2-4,7-13,20H,21H2,1H3/b17-12+,20-11?. The van der Waals surface area contributed by atoms with E-state index in [-0.39, 0.29) is 0 Å². The van der Waals surface area contributed by atoms with Gasteiger partial charge in [0.25, 0.3) is 0 Å². The molecule has 3 rings (SSSR count). The second kappa shape index (κ2) is 6.20. The van der Waals surface area contributed by atoms with E-state index in [0.717, 1.165) is 22.2 Å². The lowest BCUT2D eigenvalue weighted by Gasteiger charge is -2.02. The Morgan fingerprint density at radius 2 is 1.96 bits per heavy atom. The minimum absolute atomic E-state index is 0.575. The monoisotopic (exact) mass is 300 g/mol. The maximum Gasteiger partial charge on any atom is 0.101 e. The molecule has 0 bridgehead atoms. The molecule has 1 heterocycles. The number of hydrogen-bond acceptors (Lipinski definition) is 3. The second-order valence-electron chi connectivity index (χ2n) is 5.17. The molecule has 0 spiro atoms. The van der Waals surface area contributed by atoms with Gasteiger partial charge in [0, 0.05) is 23.5 Å². The van der Waals surface area contributed by atoms with Crippen LogP contribution in [0.25, 0.3) is 16.7 Å². The first-order valence-electron chi connectivity index (χ1n) is 7.20. The topological polar surface area (TPSA) is 67.7 Å². The zero-order valence-corrected chi connectivity index (χ0v) is 12.7. The maximum atomic E-state index is 7.39. The SMILES string of the molecule is Cc1cccc(C#Cc2ccc3c(c2)ncn3/C(C=N)=C/N)c1. The summed E-state index contributed by atoms with van der Waals surface area (Å²) < 4.78 is 1.78. The molecular formula is C19H16N4. The van der Waals surface area contributed by atoms with Crippen molar-refractivity contribution in [3.63, 3.8) is 0 Å². The third-order valence-electron chi connectivity index (χ3n) is 3.51. The van der Waals surface area contributed by atoms with E-state index < -0.39 is 0 Å². The second-order valence-corrected chi connectivity index (χ2v) is 5.17. The third kappa shape index (κ3) is 2.99. The van der Waals surface area contributed by atoms with Crippen LogP contribution in [0.4, 0.5) is 0 Å². The molecule has 2 aromatic carbocycles. The highest BCUT2D eigenvalue weighted by Crippen LogP contribution is 2.17. The third-order valence-corrected chi connectivity index (χ3v) is 3.51. The van der Waals surface area contributed by atoms with E-state index >= 15 is 0 Å². The van der Waals surface area contributed by atoms with Crippen molar-refractivity contribution in [2.75, 3.05) is 0 Å². The highest BCUT2D eigenvalue weighted by Gasteiger charge is 2.05. The largest absolute Gasteiger partial charge is 0.403 e. The number of aromatic nitrogens is 2. The van der Waals surface area contributed by atoms with E-state index in [1.54, 1.807) is 10.9 Å². The van der Waals surface area contributed by atoms with Gasteiger partial charge in [-0.3, -0.25) is 4.57 Å². The minimum Gasteiger partial charge on any atom is -0.403 e. The summed E-state index contributed by atoms with van der Waals surface area (Å²) in [5.74, 6) is 6.33. The summed E-state index contributed by atoms with van der Waals surface area (Å²) in [4.78, 5) is 4.36. The molecule has 0 amide bonds. The van der Waals surface area contributed by atoms with Gasteiger partial charge >= 0.3 is 0 Å². The summed E-state index contributed by atoms with van der Waals surface area (Å²) >= 11 is 0. The number of imidazole rings is 1. The fraction of sp³-hybridized carbons (Fsp3) is 0.0526. The molecule has 23 heavy (non-hydrogen) atoms. The van der Waals surface area contributed by atoms with Crippen LogP contribution in [0.5, 0.6) is 0 Å². The Bertz CT molecular complexity index is 968. The Labute approximate surface area is 134 Å². The van der Waals surface area contributed by atoms with E-state index in [0.29, 0.717) is 5.70 Å². The van der Waals surface area contributed by atoms with Gasteiger partial charge in [-0.15, -0.1) is 0 Å². The number of rotatable bonds is 2. The van der Waals surface area contributed by atoms with E-state index in [1.165, 1.54) is 18.0 Å². The first kappa shape index (κ1) is 14.6. The molecule has 0 atom stereocenters. The molecule has 4 nitrogen and oxygen atoms in total. The van der Waals surface area contributed by atoms with Crippen LogP contribution < -0.4 is 5.73 Å². The van der Waals surface area contributed by atoms with Gasteiger partial charge in [0.05, 0.1) is 16.7 Å². The Balaban J connectivity index is 1.98. The Morgan fingerprint density at radius 3 is 2.65 bits per heavy atom. The van der Waals surface area contributed by atoms with Gasteiger partial charge in [-0.2, -0.15) is 0 Å². The van der Waals surface area contributed by atoms with Crippen LogP contribution in [-0.4, -0.2) is 15.8 Å². The zero-order valence-electron chi connectivity index (χ0n) is 12.7.